The van der Waals surface area contributed by atoms with Crippen LogP contribution in [0.1, 0.15) is 18.4 Å². The molecule has 0 atom stereocenters. The molecule has 0 saturated carbocycles. The summed E-state index contributed by atoms with van der Waals surface area (Å²) in [7, 11) is 3.25. The van der Waals surface area contributed by atoms with Crippen molar-refractivity contribution in [1.29, 1.82) is 0 Å². The highest BCUT2D eigenvalue weighted by Crippen LogP contribution is 2.29. The normalized spacial score (nSPS) is 14.3. The zero-order valence-corrected chi connectivity index (χ0v) is 19.4. The van der Waals surface area contributed by atoms with Gasteiger partial charge in [-0.15, -0.1) is 0 Å². The van der Waals surface area contributed by atoms with Crippen LogP contribution in [0.25, 0.3) is 10.3 Å². The molecule has 3 heterocycles. The van der Waals surface area contributed by atoms with Gasteiger partial charge in [-0.3, -0.25) is 19.0 Å². The summed E-state index contributed by atoms with van der Waals surface area (Å²) in [5.41, 5.74) is 1.02. The Morgan fingerprint density at radius 1 is 1.21 bits per heavy atom. The predicted octanol–water partition coefficient (Wildman–Crippen LogP) is 1.14. The Kier molecular flexibility index (Phi) is 6.87. The van der Waals surface area contributed by atoms with Gasteiger partial charge in [0.1, 0.15) is 23.3 Å². The third-order valence-electron chi connectivity index (χ3n) is 5.72. The molecule has 0 unspecified atom stereocenters. The van der Waals surface area contributed by atoms with Crippen molar-refractivity contribution < 1.29 is 14.3 Å². The molecule has 1 aromatic carbocycles. The van der Waals surface area contributed by atoms with Crippen LogP contribution in [0.5, 0.6) is 5.75 Å². The van der Waals surface area contributed by atoms with Gasteiger partial charge in [0.05, 0.1) is 7.11 Å². The minimum atomic E-state index is -0.288. The van der Waals surface area contributed by atoms with E-state index >= 15 is 0 Å². The monoisotopic (exact) mass is 470 g/mol. The number of thiazole rings is 1. The average molecular weight is 471 g/mol. The topological polar surface area (TPSA) is 118 Å². The number of aromatic nitrogens is 3. The fourth-order valence-electron chi connectivity index (χ4n) is 3.77. The first-order valence-corrected chi connectivity index (χ1v) is 11.5. The van der Waals surface area contributed by atoms with Crippen LogP contribution in [0.4, 0.5) is 5.13 Å². The number of amides is 2. The standard InChI is InChI=1S/C22H26N6O4S/c1-23-20(30)15-7-9-27(10-8-15)22-26-19-18(33-22)21(31)28(13-25-19)12-17(29)24-11-14-3-5-16(32-2)6-4-14/h3-6,13,15H,7-12H2,1-2H3,(H,23,30)(H,24,29). The zero-order chi connectivity index (χ0) is 23.4. The summed E-state index contributed by atoms with van der Waals surface area (Å²) in [5.74, 6) is 0.534. The lowest BCUT2D eigenvalue weighted by molar-refractivity contribution is -0.125. The number of nitrogens with one attached hydrogen (secondary N) is 2. The second-order valence-corrected chi connectivity index (χ2v) is 8.80. The van der Waals surface area contributed by atoms with E-state index in [9.17, 15) is 14.4 Å². The molecule has 3 aromatic rings. The lowest BCUT2D eigenvalue weighted by Gasteiger charge is -2.30. The fraction of sp³-hybridized carbons (Fsp3) is 0.409. The maximum absolute atomic E-state index is 12.9. The Labute approximate surface area is 194 Å². The van der Waals surface area contributed by atoms with Gasteiger partial charge in [-0.1, -0.05) is 23.5 Å². The summed E-state index contributed by atoms with van der Waals surface area (Å²) >= 11 is 1.28. The maximum Gasteiger partial charge on any atom is 0.273 e. The van der Waals surface area contributed by atoms with Gasteiger partial charge in [-0.25, -0.2) is 4.98 Å². The van der Waals surface area contributed by atoms with Crippen molar-refractivity contribution in [2.24, 2.45) is 5.92 Å². The van der Waals surface area contributed by atoms with E-state index in [0.717, 1.165) is 24.2 Å². The SMILES string of the molecule is CNC(=O)C1CCN(c2nc3ncn(CC(=O)NCc4ccc(OC)cc4)c(=O)c3s2)CC1. The van der Waals surface area contributed by atoms with Crippen LogP contribution in [0.15, 0.2) is 35.4 Å². The largest absolute Gasteiger partial charge is 0.497 e. The van der Waals surface area contributed by atoms with E-state index in [2.05, 4.69) is 25.5 Å². The molecule has 1 aliphatic rings. The second kappa shape index (κ2) is 9.99. The summed E-state index contributed by atoms with van der Waals surface area (Å²) in [6, 6.07) is 7.39. The third kappa shape index (κ3) is 5.14. The molecule has 4 rings (SSSR count). The Hall–Kier alpha value is -3.47. The van der Waals surface area contributed by atoms with Crippen molar-refractivity contribution in [1.82, 2.24) is 25.2 Å². The van der Waals surface area contributed by atoms with E-state index in [1.165, 1.54) is 22.2 Å². The summed E-state index contributed by atoms with van der Waals surface area (Å²) in [4.78, 5) is 48.0. The molecule has 33 heavy (non-hydrogen) atoms. The minimum Gasteiger partial charge on any atom is -0.497 e. The number of carbonyl (C=O) groups excluding carboxylic acids is 2. The number of benzene rings is 1. The smallest absolute Gasteiger partial charge is 0.273 e. The molecule has 2 N–H and O–H groups in total. The molecule has 0 spiro atoms. The molecule has 174 valence electrons. The maximum atomic E-state index is 12.9. The van der Waals surface area contributed by atoms with Crippen molar-refractivity contribution in [3.63, 3.8) is 0 Å². The van der Waals surface area contributed by atoms with E-state index in [0.29, 0.717) is 35.1 Å². The Bertz CT molecular complexity index is 1200. The average Bonchev–Trinajstić information content (AvgIpc) is 3.29. The van der Waals surface area contributed by atoms with Crippen LogP contribution < -0.4 is 25.8 Å². The summed E-state index contributed by atoms with van der Waals surface area (Å²) in [5, 5.41) is 6.23. The minimum absolute atomic E-state index is 0.00686. The second-order valence-electron chi connectivity index (χ2n) is 7.83. The molecule has 11 heteroatoms. The van der Waals surface area contributed by atoms with Crippen LogP contribution >= 0.6 is 11.3 Å². The van der Waals surface area contributed by atoms with Crippen LogP contribution in [0, 0.1) is 5.92 Å². The van der Waals surface area contributed by atoms with E-state index in [1.54, 1.807) is 14.2 Å². The van der Waals surface area contributed by atoms with Crippen molar-refractivity contribution >= 4 is 38.6 Å². The van der Waals surface area contributed by atoms with Gasteiger partial charge in [0.2, 0.25) is 11.8 Å². The first-order chi connectivity index (χ1) is 16.0. The van der Waals surface area contributed by atoms with Gasteiger partial charge in [0.25, 0.3) is 5.56 Å². The molecule has 2 amide bonds. The van der Waals surface area contributed by atoms with Gasteiger partial charge in [-0.05, 0) is 30.5 Å². The molecule has 0 bridgehead atoms. The van der Waals surface area contributed by atoms with Crippen LogP contribution in [0.3, 0.4) is 0 Å². The lowest BCUT2D eigenvalue weighted by atomic mass is 9.96. The highest BCUT2D eigenvalue weighted by Gasteiger charge is 2.26. The van der Waals surface area contributed by atoms with Crippen LogP contribution in [-0.4, -0.2) is 53.6 Å². The Balaban J connectivity index is 1.40. The number of carbonyl (C=O) groups is 2. The van der Waals surface area contributed by atoms with Gasteiger partial charge >= 0.3 is 0 Å². The third-order valence-corrected chi connectivity index (χ3v) is 6.81. The van der Waals surface area contributed by atoms with Gasteiger partial charge in [0.15, 0.2) is 10.8 Å². The molecule has 1 fully saturated rings. The van der Waals surface area contributed by atoms with E-state index in [-0.39, 0.29) is 29.8 Å². The number of methoxy groups -OCH3 is 1. The number of nitrogens with zero attached hydrogens (tertiary/aromatic N) is 4. The van der Waals surface area contributed by atoms with Gasteiger partial charge in [0, 0.05) is 32.6 Å². The lowest BCUT2D eigenvalue weighted by Crippen LogP contribution is -2.39. The highest BCUT2D eigenvalue weighted by molar-refractivity contribution is 7.22. The van der Waals surface area contributed by atoms with Crippen LogP contribution in [-0.2, 0) is 22.7 Å². The summed E-state index contributed by atoms with van der Waals surface area (Å²) in [6.45, 7) is 1.62. The van der Waals surface area contributed by atoms with Crippen molar-refractivity contribution in [3.8, 4) is 5.75 Å². The number of hydrogen-bond acceptors (Lipinski definition) is 8. The van der Waals surface area contributed by atoms with Gasteiger partial charge in [-0.2, -0.15) is 4.98 Å². The van der Waals surface area contributed by atoms with E-state index in [4.69, 9.17) is 4.74 Å². The molecule has 10 nitrogen and oxygen atoms in total. The number of anilines is 1. The molecule has 2 aromatic heterocycles. The van der Waals surface area contributed by atoms with Crippen molar-refractivity contribution in [2.45, 2.75) is 25.9 Å². The molecule has 0 aliphatic carbocycles. The molecule has 1 saturated heterocycles. The van der Waals surface area contributed by atoms with E-state index < -0.39 is 0 Å². The van der Waals surface area contributed by atoms with Crippen molar-refractivity contribution in [3.05, 3.63) is 46.5 Å². The molecule has 0 radical (unpaired) electrons. The van der Waals surface area contributed by atoms with E-state index in [1.807, 2.05) is 24.3 Å². The molecular formula is C22H26N6O4S. The quantitative estimate of drug-likeness (QED) is 0.532. The highest BCUT2D eigenvalue weighted by atomic mass is 32.1. The summed E-state index contributed by atoms with van der Waals surface area (Å²) < 4.78 is 6.84. The number of rotatable bonds is 7. The molecular weight excluding hydrogens is 444 g/mol. The number of fused-ring (bicyclic) bond motifs is 1. The first-order valence-electron chi connectivity index (χ1n) is 10.7. The number of piperidine rings is 1. The predicted molar refractivity (Wildman–Crippen MR) is 126 cm³/mol. The van der Waals surface area contributed by atoms with Gasteiger partial charge < -0.3 is 20.3 Å². The number of ether oxygens (including phenoxy) is 1. The van der Waals surface area contributed by atoms with Crippen LogP contribution in [0.2, 0.25) is 0 Å². The first kappa shape index (κ1) is 22.7. The zero-order valence-electron chi connectivity index (χ0n) is 18.5. The number of hydrogen-bond donors (Lipinski definition) is 2. The summed E-state index contributed by atoms with van der Waals surface area (Å²) in [6.07, 6.45) is 2.84. The Morgan fingerprint density at radius 3 is 2.61 bits per heavy atom. The Morgan fingerprint density at radius 2 is 1.94 bits per heavy atom. The van der Waals surface area contributed by atoms with Crippen molar-refractivity contribution in [2.75, 3.05) is 32.1 Å². The fourth-order valence-corrected chi connectivity index (χ4v) is 4.80. The molecule has 1 aliphatic heterocycles.